The second kappa shape index (κ2) is 7.39. The highest BCUT2D eigenvalue weighted by atomic mass is 16.6. The molecule has 1 atom stereocenters. The van der Waals surface area contributed by atoms with Crippen molar-refractivity contribution in [3.63, 3.8) is 0 Å². The van der Waals surface area contributed by atoms with Gasteiger partial charge in [0, 0.05) is 51.0 Å². The van der Waals surface area contributed by atoms with Crippen LogP contribution in [0.2, 0.25) is 0 Å². The summed E-state index contributed by atoms with van der Waals surface area (Å²) in [7, 11) is 3.70. The third-order valence-electron chi connectivity index (χ3n) is 5.24. The molecule has 25 heavy (non-hydrogen) atoms. The molecule has 2 aliphatic rings. The lowest BCUT2D eigenvalue weighted by Gasteiger charge is -2.38. The van der Waals surface area contributed by atoms with E-state index in [-0.39, 0.29) is 11.6 Å². The van der Waals surface area contributed by atoms with Gasteiger partial charge >= 0.3 is 0 Å². The van der Waals surface area contributed by atoms with Crippen molar-refractivity contribution >= 4 is 17.3 Å². The Morgan fingerprint density at radius 2 is 1.92 bits per heavy atom. The number of piperidine rings is 1. The quantitative estimate of drug-likeness (QED) is 0.618. The van der Waals surface area contributed by atoms with Crippen LogP contribution in [0.15, 0.2) is 18.2 Å². The number of non-ortho nitro benzene ring substituents is 1. The summed E-state index contributed by atoms with van der Waals surface area (Å²) in [5.74, 6) is -0.101. The SMILES string of the molecule is CN(C)c1ccc([N+](=O)[O-])cc1C(=O)N1CCC[C@@H](N2CCCC2)C1. The molecule has 1 amide bonds. The predicted octanol–water partition coefficient (Wildman–Crippen LogP) is 2.36. The van der Waals surface area contributed by atoms with Crippen molar-refractivity contribution in [3.8, 4) is 0 Å². The molecule has 0 saturated carbocycles. The maximum Gasteiger partial charge on any atom is 0.270 e. The van der Waals surface area contributed by atoms with E-state index in [9.17, 15) is 14.9 Å². The third kappa shape index (κ3) is 3.76. The number of benzene rings is 1. The van der Waals surface area contributed by atoms with Gasteiger partial charge in [-0.1, -0.05) is 0 Å². The monoisotopic (exact) mass is 346 g/mol. The van der Waals surface area contributed by atoms with E-state index in [4.69, 9.17) is 0 Å². The minimum absolute atomic E-state index is 0.0398. The van der Waals surface area contributed by atoms with Crippen LogP contribution < -0.4 is 4.90 Å². The molecule has 2 saturated heterocycles. The highest BCUT2D eigenvalue weighted by Crippen LogP contribution is 2.28. The average molecular weight is 346 g/mol. The first-order valence-electron chi connectivity index (χ1n) is 8.96. The van der Waals surface area contributed by atoms with Gasteiger partial charge in [0.25, 0.3) is 11.6 Å². The van der Waals surface area contributed by atoms with Gasteiger partial charge in [-0.05, 0) is 44.8 Å². The number of rotatable bonds is 4. The molecular weight excluding hydrogens is 320 g/mol. The topological polar surface area (TPSA) is 69.9 Å². The zero-order chi connectivity index (χ0) is 18.0. The molecule has 7 heteroatoms. The highest BCUT2D eigenvalue weighted by molar-refractivity contribution is 6.00. The van der Waals surface area contributed by atoms with Crippen LogP contribution >= 0.6 is 0 Å². The summed E-state index contributed by atoms with van der Waals surface area (Å²) in [5, 5.41) is 11.1. The average Bonchev–Trinajstić information content (AvgIpc) is 3.15. The van der Waals surface area contributed by atoms with Crippen LogP contribution in [-0.4, -0.2) is 66.9 Å². The summed E-state index contributed by atoms with van der Waals surface area (Å²) in [5.41, 5.74) is 1.10. The zero-order valence-electron chi connectivity index (χ0n) is 15.0. The number of nitro groups is 1. The third-order valence-corrected chi connectivity index (χ3v) is 5.24. The second-order valence-electron chi connectivity index (χ2n) is 7.14. The number of carbonyl (C=O) groups excluding carboxylic acids is 1. The summed E-state index contributed by atoms with van der Waals surface area (Å²) in [4.78, 5) is 30.0. The maximum atomic E-state index is 13.1. The summed E-state index contributed by atoms with van der Waals surface area (Å²) in [6.45, 7) is 3.67. The van der Waals surface area contributed by atoms with Gasteiger partial charge in [-0.2, -0.15) is 0 Å². The molecule has 7 nitrogen and oxygen atoms in total. The highest BCUT2D eigenvalue weighted by Gasteiger charge is 2.31. The Morgan fingerprint density at radius 3 is 2.56 bits per heavy atom. The molecule has 0 radical (unpaired) electrons. The van der Waals surface area contributed by atoms with E-state index in [2.05, 4.69) is 4.90 Å². The van der Waals surface area contributed by atoms with E-state index in [0.717, 1.165) is 38.2 Å². The molecule has 136 valence electrons. The Hall–Kier alpha value is -2.15. The van der Waals surface area contributed by atoms with Crippen molar-refractivity contribution in [3.05, 3.63) is 33.9 Å². The number of likely N-dealkylation sites (tertiary alicyclic amines) is 2. The van der Waals surface area contributed by atoms with Gasteiger partial charge in [0.1, 0.15) is 0 Å². The van der Waals surface area contributed by atoms with Gasteiger partial charge in [-0.3, -0.25) is 19.8 Å². The van der Waals surface area contributed by atoms with Gasteiger partial charge in [0.05, 0.1) is 10.5 Å². The Bertz CT molecular complexity index is 656. The Balaban J connectivity index is 1.83. The minimum atomic E-state index is -0.445. The maximum absolute atomic E-state index is 13.1. The smallest absolute Gasteiger partial charge is 0.270 e. The fourth-order valence-electron chi connectivity index (χ4n) is 3.91. The summed E-state index contributed by atoms with van der Waals surface area (Å²) >= 11 is 0. The number of anilines is 1. The van der Waals surface area contributed by atoms with E-state index in [1.165, 1.54) is 25.0 Å². The lowest BCUT2D eigenvalue weighted by molar-refractivity contribution is -0.384. The van der Waals surface area contributed by atoms with E-state index >= 15 is 0 Å². The van der Waals surface area contributed by atoms with E-state index < -0.39 is 4.92 Å². The molecule has 0 unspecified atom stereocenters. The van der Waals surface area contributed by atoms with Crippen molar-refractivity contribution in [1.82, 2.24) is 9.80 Å². The number of amides is 1. The molecule has 0 aliphatic carbocycles. The zero-order valence-corrected chi connectivity index (χ0v) is 15.0. The Labute approximate surface area is 148 Å². The molecule has 2 aliphatic heterocycles. The van der Waals surface area contributed by atoms with E-state index in [1.54, 1.807) is 6.07 Å². The van der Waals surface area contributed by atoms with Gasteiger partial charge in [0.15, 0.2) is 0 Å². The van der Waals surface area contributed by atoms with E-state index in [0.29, 0.717) is 18.2 Å². The first-order chi connectivity index (χ1) is 12.0. The fraction of sp³-hybridized carbons (Fsp3) is 0.611. The molecule has 0 spiro atoms. The van der Waals surface area contributed by atoms with E-state index in [1.807, 2.05) is 23.9 Å². The van der Waals surface area contributed by atoms with Gasteiger partial charge in [-0.25, -0.2) is 0 Å². The van der Waals surface area contributed by atoms with Crippen LogP contribution in [0.25, 0.3) is 0 Å². The number of nitrogens with zero attached hydrogens (tertiary/aromatic N) is 4. The largest absolute Gasteiger partial charge is 0.377 e. The van der Waals surface area contributed by atoms with Crippen LogP contribution in [0, 0.1) is 10.1 Å². The molecule has 3 rings (SSSR count). The van der Waals surface area contributed by atoms with Crippen molar-refractivity contribution < 1.29 is 9.72 Å². The lowest BCUT2D eigenvalue weighted by atomic mass is 10.0. The first kappa shape index (κ1) is 17.7. The van der Waals surface area contributed by atoms with Gasteiger partial charge < -0.3 is 9.80 Å². The predicted molar refractivity (Wildman–Crippen MR) is 97.2 cm³/mol. The van der Waals surface area contributed by atoms with Gasteiger partial charge in [0.2, 0.25) is 0 Å². The molecule has 0 N–H and O–H groups in total. The first-order valence-corrected chi connectivity index (χ1v) is 8.96. The molecular formula is C18H26N4O3. The molecule has 0 bridgehead atoms. The number of carbonyl (C=O) groups is 1. The molecule has 1 aromatic rings. The summed E-state index contributed by atoms with van der Waals surface area (Å²) in [6.07, 6.45) is 4.58. The van der Waals surface area contributed by atoms with Crippen LogP contribution in [0.3, 0.4) is 0 Å². The lowest BCUT2D eigenvalue weighted by Crippen LogP contribution is -2.49. The van der Waals surface area contributed by atoms with Crippen LogP contribution in [0.5, 0.6) is 0 Å². The van der Waals surface area contributed by atoms with Crippen molar-refractivity contribution in [1.29, 1.82) is 0 Å². The second-order valence-corrected chi connectivity index (χ2v) is 7.14. The Kier molecular flexibility index (Phi) is 5.22. The van der Waals surface area contributed by atoms with Crippen molar-refractivity contribution in [2.75, 3.05) is 45.2 Å². The minimum Gasteiger partial charge on any atom is -0.377 e. The standard InChI is InChI=1S/C18H26N4O3/c1-19(2)17-8-7-14(22(24)25)12-16(17)18(23)21-11-5-6-15(13-21)20-9-3-4-10-20/h7-8,12,15H,3-6,9-11,13H2,1-2H3/t15-/m1/s1. The van der Waals surface area contributed by atoms with Crippen LogP contribution in [0.4, 0.5) is 11.4 Å². The molecule has 0 aromatic heterocycles. The molecule has 1 aromatic carbocycles. The van der Waals surface area contributed by atoms with Crippen molar-refractivity contribution in [2.24, 2.45) is 0 Å². The fourth-order valence-corrected chi connectivity index (χ4v) is 3.91. The normalized spacial score (nSPS) is 21.4. The molecule has 2 fully saturated rings. The van der Waals surface area contributed by atoms with Crippen molar-refractivity contribution in [2.45, 2.75) is 31.7 Å². The number of nitro benzene ring substituents is 1. The summed E-state index contributed by atoms with van der Waals surface area (Å²) < 4.78 is 0. The van der Waals surface area contributed by atoms with Crippen LogP contribution in [0.1, 0.15) is 36.0 Å². The Morgan fingerprint density at radius 1 is 1.20 bits per heavy atom. The number of hydrogen-bond acceptors (Lipinski definition) is 5. The molecule has 2 heterocycles. The number of hydrogen-bond donors (Lipinski definition) is 0. The summed E-state index contributed by atoms with van der Waals surface area (Å²) in [6, 6.07) is 4.95. The van der Waals surface area contributed by atoms with Gasteiger partial charge in [-0.15, -0.1) is 0 Å². The van der Waals surface area contributed by atoms with Crippen LogP contribution in [-0.2, 0) is 0 Å².